The Balaban J connectivity index is 2.23. The highest BCUT2D eigenvalue weighted by molar-refractivity contribution is 7.71. The molecule has 3 nitrogen and oxygen atoms in total. The molecule has 0 aliphatic rings. The maximum atomic E-state index is 5.51. The van der Waals surface area contributed by atoms with Crippen LogP contribution in [0.2, 0.25) is 0 Å². The molecule has 1 N–H and O–H groups in total. The molecule has 0 saturated heterocycles. The summed E-state index contributed by atoms with van der Waals surface area (Å²) in [6, 6.07) is 6.57. The third kappa shape index (κ3) is 2.11. The number of benzene rings is 1. The topological polar surface area (TPSA) is 33.6 Å². The van der Waals surface area contributed by atoms with Gasteiger partial charge in [-0.25, -0.2) is 4.98 Å². The Morgan fingerprint density at radius 1 is 1.30 bits per heavy atom. The van der Waals surface area contributed by atoms with Crippen LogP contribution in [0, 0.1) is 25.5 Å². The van der Waals surface area contributed by atoms with Crippen molar-refractivity contribution in [2.24, 2.45) is 0 Å². The molecule has 1 unspecified atom stereocenters. The van der Waals surface area contributed by atoms with Crippen LogP contribution in [0.4, 0.5) is 0 Å². The summed E-state index contributed by atoms with van der Waals surface area (Å²) in [5, 5.41) is 1.10. The van der Waals surface area contributed by atoms with Gasteiger partial charge in [0.25, 0.3) is 0 Å². The van der Waals surface area contributed by atoms with Crippen LogP contribution >= 0.6 is 23.6 Å². The lowest BCUT2D eigenvalue weighted by atomic mass is 10.2. The molecule has 1 atom stereocenters. The highest BCUT2D eigenvalue weighted by Gasteiger charge is 2.18. The standard InChI is InChI=1S/C15H17N3S2/c1-8-5-6-12-13(7-8)18(15(19)17-12)10(3)14-9(2)16-11(4)20-14/h5-7,10H,1-4H3,(H,17,19). The largest absolute Gasteiger partial charge is 0.331 e. The lowest BCUT2D eigenvalue weighted by Gasteiger charge is -2.14. The molecule has 0 amide bonds. The van der Waals surface area contributed by atoms with E-state index in [2.05, 4.69) is 53.5 Å². The fourth-order valence-electron chi connectivity index (χ4n) is 2.67. The van der Waals surface area contributed by atoms with E-state index in [4.69, 9.17) is 12.2 Å². The number of hydrogen-bond donors (Lipinski definition) is 1. The number of rotatable bonds is 2. The Morgan fingerprint density at radius 2 is 2.05 bits per heavy atom. The summed E-state index contributed by atoms with van der Waals surface area (Å²) in [6.07, 6.45) is 0. The zero-order valence-corrected chi connectivity index (χ0v) is 13.7. The average Bonchev–Trinajstić information content (AvgIpc) is 2.87. The SMILES string of the molecule is Cc1ccc2[nH]c(=S)n(C(C)c3sc(C)nc3C)c2c1. The number of nitrogens with zero attached hydrogens (tertiary/aromatic N) is 2. The molecule has 104 valence electrons. The van der Waals surface area contributed by atoms with Crippen LogP contribution in [0.1, 0.15) is 34.1 Å². The Kier molecular flexibility index (Phi) is 3.26. The van der Waals surface area contributed by atoms with Gasteiger partial charge in [0.15, 0.2) is 4.77 Å². The van der Waals surface area contributed by atoms with E-state index < -0.39 is 0 Å². The summed E-state index contributed by atoms with van der Waals surface area (Å²) in [4.78, 5) is 9.10. The summed E-state index contributed by atoms with van der Waals surface area (Å²) in [6.45, 7) is 8.41. The van der Waals surface area contributed by atoms with Crippen molar-refractivity contribution in [1.29, 1.82) is 0 Å². The molecule has 0 radical (unpaired) electrons. The van der Waals surface area contributed by atoms with Crippen LogP contribution in [-0.2, 0) is 0 Å². The number of aromatic nitrogens is 3. The predicted octanol–water partition coefficient (Wildman–Crippen LogP) is 4.69. The number of thiazole rings is 1. The Morgan fingerprint density at radius 3 is 2.70 bits per heavy atom. The number of imidazole rings is 1. The van der Waals surface area contributed by atoms with E-state index in [-0.39, 0.29) is 6.04 Å². The molecular weight excluding hydrogens is 286 g/mol. The highest BCUT2D eigenvalue weighted by atomic mass is 32.1. The van der Waals surface area contributed by atoms with Gasteiger partial charge in [0.1, 0.15) is 0 Å². The van der Waals surface area contributed by atoms with Crippen LogP contribution in [0.15, 0.2) is 18.2 Å². The van der Waals surface area contributed by atoms with E-state index in [1.807, 2.05) is 6.92 Å². The van der Waals surface area contributed by atoms with Crippen molar-refractivity contribution in [2.75, 3.05) is 0 Å². The number of aromatic amines is 1. The first-order valence-electron chi connectivity index (χ1n) is 6.62. The van der Waals surface area contributed by atoms with Gasteiger partial charge in [-0.05, 0) is 57.6 Å². The molecule has 0 spiro atoms. The van der Waals surface area contributed by atoms with Gasteiger partial charge < -0.3 is 9.55 Å². The number of nitrogens with one attached hydrogen (secondary N) is 1. The molecule has 0 bridgehead atoms. The fraction of sp³-hybridized carbons (Fsp3) is 0.333. The van der Waals surface area contributed by atoms with Gasteiger partial charge in [0.2, 0.25) is 0 Å². The van der Waals surface area contributed by atoms with Crippen LogP contribution in [0.3, 0.4) is 0 Å². The van der Waals surface area contributed by atoms with Gasteiger partial charge in [-0.2, -0.15) is 0 Å². The molecule has 1 aromatic carbocycles. The molecule has 3 aromatic rings. The highest BCUT2D eigenvalue weighted by Crippen LogP contribution is 2.30. The molecular formula is C15H17N3S2. The molecule has 0 saturated carbocycles. The number of H-pyrrole nitrogens is 1. The second kappa shape index (κ2) is 4.82. The van der Waals surface area contributed by atoms with E-state index >= 15 is 0 Å². The van der Waals surface area contributed by atoms with Gasteiger partial charge in [-0.15, -0.1) is 11.3 Å². The zero-order chi connectivity index (χ0) is 14.4. The molecule has 0 aliphatic heterocycles. The van der Waals surface area contributed by atoms with Crippen molar-refractivity contribution < 1.29 is 0 Å². The third-order valence-electron chi connectivity index (χ3n) is 3.58. The van der Waals surface area contributed by atoms with E-state index in [0.717, 1.165) is 26.5 Å². The van der Waals surface area contributed by atoms with Gasteiger partial charge >= 0.3 is 0 Å². The first-order valence-corrected chi connectivity index (χ1v) is 7.84. The Labute approximate surface area is 127 Å². The van der Waals surface area contributed by atoms with E-state index in [9.17, 15) is 0 Å². The van der Waals surface area contributed by atoms with Gasteiger partial charge in [-0.1, -0.05) is 6.07 Å². The smallest absolute Gasteiger partial charge is 0.178 e. The van der Waals surface area contributed by atoms with Gasteiger partial charge in [-0.3, -0.25) is 0 Å². The van der Waals surface area contributed by atoms with Crippen LogP contribution < -0.4 is 0 Å². The lowest BCUT2D eigenvalue weighted by molar-refractivity contribution is 0.655. The summed E-state index contributed by atoms with van der Waals surface area (Å²) in [5.74, 6) is 0. The molecule has 0 fully saturated rings. The van der Waals surface area contributed by atoms with Crippen LogP contribution in [0.5, 0.6) is 0 Å². The van der Waals surface area contributed by atoms with Crippen molar-refractivity contribution in [1.82, 2.24) is 14.5 Å². The molecule has 0 aliphatic carbocycles. The van der Waals surface area contributed by atoms with Gasteiger partial charge in [0.05, 0.1) is 32.7 Å². The Hall–Kier alpha value is -1.46. The summed E-state index contributed by atoms with van der Waals surface area (Å²) < 4.78 is 2.96. The Bertz CT molecular complexity index is 839. The minimum absolute atomic E-state index is 0.198. The van der Waals surface area contributed by atoms with Crippen LogP contribution in [-0.4, -0.2) is 14.5 Å². The maximum absolute atomic E-state index is 5.51. The monoisotopic (exact) mass is 303 g/mol. The fourth-order valence-corrected chi connectivity index (χ4v) is 4.00. The molecule has 2 aromatic heterocycles. The van der Waals surface area contributed by atoms with Gasteiger partial charge in [0, 0.05) is 0 Å². The van der Waals surface area contributed by atoms with Crippen LogP contribution in [0.25, 0.3) is 11.0 Å². The number of aryl methyl sites for hydroxylation is 3. The van der Waals surface area contributed by atoms with Crippen molar-refractivity contribution in [3.63, 3.8) is 0 Å². The predicted molar refractivity (Wildman–Crippen MR) is 87.3 cm³/mol. The maximum Gasteiger partial charge on any atom is 0.178 e. The van der Waals surface area contributed by atoms with Crippen molar-refractivity contribution in [3.05, 3.63) is 44.1 Å². The molecule has 3 rings (SSSR count). The molecule has 2 heterocycles. The number of hydrogen-bond acceptors (Lipinski definition) is 3. The average molecular weight is 303 g/mol. The minimum atomic E-state index is 0.198. The van der Waals surface area contributed by atoms with Crippen molar-refractivity contribution >= 4 is 34.6 Å². The summed E-state index contributed by atoms with van der Waals surface area (Å²) in [5.41, 5.74) is 4.59. The second-order valence-corrected chi connectivity index (χ2v) is 6.80. The van der Waals surface area contributed by atoms with E-state index in [1.165, 1.54) is 10.4 Å². The third-order valence-corrected chi connectivity index (χ3v) is 5.12. The van der Waals surface area contributed by atoms with E-state index in [1.54, 1.807) is 11.3 Å². The second-order valence-electron chi connectivity index (χ2n) is 5.18. The van der Waals surface area contributed by atoms with E-state index in [0.29, 0.717) is 0 Å². The first kappa shape index (κ1) is 13.5. The van der Waals surface area contributed by atoms with Crippen molar-refractivity contribution in [3.8, 4) is 0 Å². The zero-order valence-electron chi connectivity index (χ0n) is 12.0. The normalized spacial score (nSPS) is 13.0. The summed E-state index contributed by atoms with van der Waals surface area (Å²) >= 11 is 7.26. The van der Waals surface area contributed by atoms with Crippen molar-refractivity contribution in [2.45, 2.75) is 33.7 Å². The lowest BCUT2D eigenvalue weighted by Crippen LogP contribution is -2.06. The minimum Gasteiger partial charge on any atom is -0.331 e. The number of fused-ring (bicyclic) bond motifs is 1. The molecule has 20 heavy (non-hydrogen) atoms. The molecule has 5 heteroatoms. The first-order chi connectivity index (χ1) is 9.47. The quantitative estimate of drug-likeness (QED) is 0.697. The summed E-state index contributed by atoms with van der Waals surface area (Å²) in [7, 11) is 0.